The number of hydrogen-bond donors (Lipinski definition) is 1. The van der Waals surface area contributed by atoms with Gasteiger partial charge in [0.25, 0.3) is 5.69 Å². The Morgan fingerprint density at radius 1 is 1.20 bits per heavy atom. The normalized spacial score (nSPS) is 14.0. The maximum absolute atomic E-state index is 13.4. The van der Waals surface area contributed by atoms with Gasteiger partial charge in [0.2, 0.25) is 5.91 Å². The molecule has 1 N–H and O–H groups in total. The van der Waals surface area contributed by atoms with Crippen LogP contribution in [0.3, 0.4) is 0 Å². The van der Waals surface area contributed by atoms with Crippen LogP contribution in [0.4, 0.5) is 15.8 Å². The van der Waals surface area contributed by atoms with Crippen molar-refractivity contribution in [2.24, 2.45) is 0 Å². The van der Waals surface area contributed by atoms with Crippen molar-refractivity contribution in [1.82, 2.24) is 4.90 Å². The Hall–Kier alpha value is -2.96. The van der Waals surface area contributed by atoms with E-state index in [0.717, 1.165) is 42.3 Å². The van der Waals surface area contributed by atoms with E-state index in [1.54, 1.807) is 0 Å². The van der Waals surface area contributed by atoms with Gasteiger partial charge in [-0.2, -0.15) is 0 Å². The van der Waals surface area contributed by atoms with Crippen LogP contribution in [0.25, 0.3) is 0 Å². The number of anilines is 1. The average Bonchev–Trinajstić information content (AvgIpc) is 2.99. The van der Waals surface area contributed by atoms with Crippen LogP contribution < -0.4 is 5.32 Å². The molecule has 1 saturated heterocycles. The van der Waals surface area contributed by atoms with E-state index in [9.17, 15) is 19.3 Å². The Kier molecular flexibility index (Phi) is 4.92. The van der Waals surface area contributed by atoms with E-state index in [1.165, 1.54) is 0 Å². The number of nitrogens with zero attached hydrogens (tertiary/aromatic N) is 2. The van der Waals surface area contributed by atoms with Gasteiger partial charge in [0.1, 0.15) is 11.5 Å². The van der Waals surface area contributed by atoms with Crippen LogP contribution in [0.1, 0.15) is 24.0 Å². The van der Waals surface area contributed by atoms with Crippen LogP contribution >= 0.6 is 0 Å². The molecule has 130 valence electrons. The molecule has 1 fully saturated rings. The summed E-state index contributed by atoms with van der Waals surface area (Å²) < 4.78 is 13.4. The summed E-state index contributed by atoms with van der Waals surface area (Å²) in [6.45, 7) is 1.57. The maximum Gasteiger partial charge on any atom is 0.292 e. The van der Waals surface area contributed by atoms with Crippen molar-refractivity contribution >= 4 is 17.3 Å². The highest BCUT2D eigenvalue weighted by Crippen LogP contribution is 2.26. The average molecular weight is 343 g/mol. The fourth-order valence-electron chi connectivity index (χ4n) is 2.96. The molecule has 0 aromatic heterocycles. The van der Waals surface area contributed by atoms with Gasteiger partial charge < -0.3 is 10.2 Å². The second kappa shape index (κ2) is 7.29. The molecule has 0 spiro atoms. The number of hydrogen-bond acceptors (Lipinski definition) is 4. The molecule has 2 aromatic rings. The molecule has 0 saturated carbocycles. The number of amides is 1. The molecule has 3 rings (SSSR count). The van der Waals surface area contributed by atoms with Crippen molar-refractivity contribution in [1.29, 1.82) is 0 Å². The minimum atomic E-state index is -0.545. The van der Waals surface area contributed by atoms with Gasteiger partial charge in [-0.3, -0.25) is 14.9 Å². The number of carbonyl (C=O) groups excluding carboxylic acids is 1. The van der Waals surface area contributed by atoms with Crippen molar-refractivity contribution < 1.29 is 14.1 Å². The largest absolute Gasteiger partial charge is 0.375 e. The second-order valence-corrected chi connectivity index (χ2v) is 5.96. The van der Waals surface area contributed by atoms with Gasteiger partial charge in [-0.25, -0.2) is 4.39 Å². The summed E-state index contributed by atoms with van der Waals surface area (Å²) in [6, 6.07) is 10.9. The van der Waals surface area contributed by atoms with Gasteiger partial charge in [-0.1, -0.05) is 24.3 Å². The smallest absolute Gasteiger partial charge is 0.292 e. The molecule has 6 nitrogen and oxygen atoms in total. The zero-order valence-electron chi connectivity index (χ0n) is 13.6. The molecule has 0 atom stereocenters. The molecular weight excluding hydrogens is 325 g/mol. The Labute approximate surface area is 144 Å². The van der Waals surface area contributed by atoms with Gasteiger partial charge in [0.05, 0.1) is 4.92 Å². The summed E-state index contributed by atoms with van der Waals surface area (Å²) in [4.78, 5) is 24.2. The first-order valence-electron chi connectivity index (χ1n) is 8.07. The van der Waals surface area contributed by atoms with Crippen LogP contribution in [0, 0.1) is 15.9 Å². The molecule has 1 aliphatic rings. The third-order valence-corrected chi connectivity index (χ3v) is 4.28. The molecule has 0 radical (unpaired) electrons. The number of carbonyl (C=O) groups is 1. The minimum Gasteiger partial charge on any atom is -0.375 e. The van der Waals surface area contributed by atoms with E-state index in [1.807, 2.05) is 29.2 Å². The second-order valence-electron chi connectivity index (χ2n) is 5.96. The number of likely N-dealkylation sites (tertiary alicyclic amines) is 1. The molecule has 25 heavy (non-hydrogen) atoms. The lowest BCUT2D eigenvalue weighted by molar-refractivity contribution is -0.384. The lowest BCUT2D eigenvalue weighted by atomic mass is 10.1. The van der Waals surface area contributed by atoms with Crippen molar-refractivity contribution in [2.75, 3.05) is 11.9 Å². The van der Waals surface area contributed by atoms with Gasteiger partial charge in [-0.05, 0) is 23.6 Å². The lowest BCUT2D eigenvalue weighted by Crippen LogP contribution is -2.24. The molecule has 0 aliphatic carbocycles. The predicted octanol–water partition coefficient (Wildman–Crippen LogP) is 3.47. The van der Waals surface area contributed by atoms with Gasteiger partial charge in [0, 0.05) is 38.2 Å². The highest BCUT2D eigenvalue weighted by atomic mass is 19.1. The Morgan fingerprint density at radius 3 is 2.64 bits per heavy atom. The van der Waals surface area contributed by atoms with Crippen molar-refractivity contribution in [3.63, 3.8) is 0 Å². The molecule has 2 aromatic carbocycles. The number of halogens is 1. The van der Waals surface area contributed by atoms with Crippen LogP contribution in [-0.4, -0.2) is 22.3 Å². The van der Waals surface area contributed by atoms with Crippen LogP contribution in [0.15, 0.2) is 42.5 Å². The van der Waals surface area contributed by atoms with Gasteiger partial charge in [-0.15, -0.1) is 0 Å². The standard InChI is InChI=1S/C18H18FN3O3/c19-15-7-8-17(22(24)25)16(10-15)20-11-13-4-1-2-5-14(13)12-21-9-3-6-18(21)23/h1-2,4-5,7-8,10,20H,3,6,9,11-12H2. The maximum atomic E-state index is 13.4. The first-order chi connectivity index (χ1) is 12.0. The minimum absolute atomic E-state index is 0.136. The summed E-state index contributed by atoms with van der Waals surface area (Å²) in [5.41, 5.74) is 1.86. The fourth-order valence-corrected chi connectivity index (χ4v) is 2.96. The summed E-state index contributed by atoms with van der Waals surface area (Å²) in [6.07, 6.45) is 1.45. The topological polar surface area (TPSA) is 75.5 Å². The zero-order chi connectivity index (χ0) is 17.8. The highest BCUT2D eigenvalue weighted by molar-refractivity contribution is 5.78. The quantitative estimate of drug-likeness (QED) is 0.644. The van der Waals surface area contributed by atoms with Crippen LogP contribution in [-0.2, 0) is 17.9 Å². The zero-order valence-corrected chi connectivity index (χ0v) is 13.6. The molecule has 0 bridgehead atoms. The van der Waals surface area contributed by atoms with Crippen LogP contribution in [0.2, 0.25) is 0 Å². The monoisotopic (exact) mass is 343 g/mol. The molecule has 1 aliphatic heterocycles. The molecule has 0 unspecified atom stereocenters. The number of nitrogens with one attached hydrogen (secondary N) is 1. The van der Waals surface area contributed by atoms with E-state index >= 15 is 0 Å². The van der Waals surface area contributed by atoms with E-state index in [0.29, 0.717) is 19.5 Å². The molecular formula is C18H18FN3O3. The summed E-state index contributed by atoms with van der Waals surface area (Å²) in [5, 5.41) is 14.0. The Balaban J connectivity index is 1.77. The lowest BCUT2D eigenvalue weighted by Gasteiger charge is -2.18. The summed E-state index contributed by atoms with van der Waals surface area (Å²) >= 11 is 0. The van der Waals surface area contributed by atoms with Crippen molar-refractivity contribution in [2.45, 2.75) is 25.9 Å². The molecule has 7 heteroatoms. The van der Waals surface area contributed by atoms with E-state index in [-0.39, 0.29) is 17.3 Å². The van der Waals surface area contributed by atoms with Crippen molar-refractivity contribution in [3.05, 3.63) is 69.5 Å². The Bertz CT molecular complexity index is 810. The number of nitro benzene ring substituents is 1. The molecule has 1 amide bonds. The van der Waals surface area contributed by atoms with E-state index < -0.39 is 10.7 Å². The van der Waals surface area contributed by atoms with Crippen molar-refractivity contribution in [3.8, 4) is 0 Å². The van der Waals surface area contributed by atoms with Gasteiger partial charge >= 0.3 is 0 Å². The Morgan fingerprint density at radius 2 is 1.96 bits per heavy atom. The third kappa shape index (κ3) is 3.93. The summed E-state index contributed by atoms with van der Waals surface area (Å²) in [7, 11) is 0. The van der Waals surface area contributed by atoms with Gasteiger partial charge in [0.15, 0.2) is 0 Å². The highest BCUT2D eigenvalue weighted by Gasteiger charge is 2.21. The SMILES string of the molecule is O=C1CCCN1Cc1ccccc1CNc1cc(F)ccc1[N+](=O)[O-]. The number of benzene rings is 2. The van der Waals surface area contributed by atoms with E-state index in [4.69, 9.17) is 0 Å². The first-order valence-corrected chi connectivity index (χ1v) is 8.07. The predicted molar refractivity (Wildman–Crippen MR) is 91.5 cm³/mol. The number of nitro groups is 1. The fraction of sp³-hybridized carbons (Fsp3) is 0.278. The van der Waals surface area contributed by atoms with Crippen LogP contribution in [0.5, 0.6) is 0 Å². The summed E-state index contributed by atoms with van der Waals surface area (Å²) in [5.74, 6) is -0.396. The number of rotatable bonds is 6. The third-order valence-electron chi connectivity index (χ3n) is 4.28. The molecule has 1 heterocycles. The van der Waals surface area contributed by atoms with E-state index in [2.05, 4.69) is 5.32 Å². The first kappa shape index (κ1) is 16.9.